The molecule has 22 heavy (non-hydrogen) atoms. The molecule has 1 aliphatic rings. The second-order valence-electron chi connectivity index (χ2n) is 6.15. The first-order valence-corrected chi connectivity index (χ1v) is 8.00. The lowest BCUT2D eigenvalue weighted by Gasteiger charge is -2.38. The van der Waals surface area contributed by atoms with E-state index in [1.165, 1.54) is 18.4 Å². The van der Waals surface area contributed by atoms with Gasteiger partial charge < -0.3 is 4.90 Å². The van der Waals surface area contributed by atoms with Crippen LogP contribution in [0.3, 0.4) is 0 Å². The van der Waals surface area contributed by atoms with E-state index in [1.807, 2.05) is 25.4 Å². The first kappa shape index (κ1) is 15.0. The third-order valence-electron chi connectivity index (χ3n) is 4.40. The third-order valence-corrected chi connectivity index (χ3v) is 4.40. The van der Waals surface area contributed by atoms with Gasteiger partial charge in [0.25, 0.3) is 0 Å². The quantitative estimate of drug-likeness (QED) is 0.868. The summed E-state index contributed by atoms with van der Waals surface area (Å²) >= 11 is 0. The average Bonchev–Trinajstić information content (AvgIpc) is 2.58. The van der Waals surface area contributed by atoms with Crippen molar-refractivity contribution in [3.63, 3.8) is 0 Å². The van der Waals surface area contributed by atoms with E-state index in [0.29, 0.717) is 6.04 Å². The summed E-state index contributed by atoms with van der Waals surface area (Å²) < 4.78 is 0. The molecular formula is C18H24N4. The van der Waals surface area contributed by atoms with Crippen LogP contribution in [0.15, 0.2) is 42.7 Å². The number of hydrogen-bond acceptors (Lipinski definition) is 4. The van der Waals surface area contributed by atoms with Gasteiger partial charge in [0.2, 0.25) is 0 Å². The molecule has 2 aromatic heterocycles. The Kier molecular flexibility index (Phi) is 4.68. The van der Waals surface area contributed by atoms with Gasteiger partial charge in [0.1, 0.15) is 5.82 Å². The lowest BCUT2D eigenvalue weighted by atomic mass is 10.0. The van der Waals surface area contributed by atoms with Crippen molar-refractivity contribution in [3.05, 3.63) is 54.0 Å². The van der Waals surface area contributed by atoms with Crippen molar-refractivity contribution < 1.29 is 0 Å². The highest BCUT2D eigenvalue weighted by atomic mass is 15.2. The predicted molar refractivity (Wildman–Crippen MR) is 89.9 cm³/mol. The molecule has 0 amide bonds. The highest BCUT2D eigenvalue weighted by molar-refractivity contribution is 5.38. The molecule has 0 spiro atoms. The van der Waals surface area contributed by atoms with E-state index in [-0.39, 0.29) is 0 Å². The number of aromatic nitrogens is 2. The van der Waals surface area contributed by atoms with Gasteiger partial charge in [-0.3, -0.25) is 9.88 Å². The molecule has 116 valence electrons. The maximum atomic E-state index is 4.49. The number of aryl methyl sites for hydroxylation is 1. The van der Waals surface area contributed by atoms with Crippen LogP contribution in [0, 0.1) is 6.92 Å². The molecule has 0 radical (unpaired) electrons. The summed E-state index contributed by atoms with van der Waals surface area (Å²) in [5.74, 6) is 1.10. The van der Waals surface area contributed by atoms with Gasteiger partial charge in [-0.05, 0) is 50.6 Å². The van der Waals surface area contributed by atoms with Crippen molar-refractivity contribution in [2.45, 2.75) is 32.4 Å². The summed E-state index contributed by atoms with van der Waals surface area (Å²) in [4.78, 5) is 13.7. The van der Waals surface area contributed by atoms with Crippen LogP contribution in [0.2, 0.25) is 0 Å². The number of piperidine rings is 1. The molecule has 3 rings (SSSR count). The maximum absolute atomic E-state index is 4.49. The second-order valence-corrected chi connectivity index (χ2v) is 6.15. The van der Waals surface area contributed by atoms with Gasteiger partial charge in [0.05, 0.1) is 0 Å². The molecule has 2 aromatic rings. The Morgan fingerprint density at radius 2 is 2.14 bits per heavy atom. The molecule has 4 nitrogen and oxygen atoms in total. The number of rotatable bonds is 4. The lowest BCUT2D eigenvalue weighted by Crippen LogP contribution is -2.46. The Hall–Kier alpha value is -1.94. The summed E-state index contributed by atoms with van der Waals surface area (Å²) in [5.41, 5.74) is 2.36. The lowest BCUT2D eigenvalue weighted by molar-refractivity contribution is 0.207. The molecular weight excluding hydrogens is 272 g/mol. The van der Waals surface area contributed by atoms with Crippen LogP contribution in [0.25, 0.3) is 0 Å². The van der Waals surface area contributed by atoms with E-state index < -0.39 is 0 Å². The molecule has 0 N–H and O–H groups in total. The Bertz CT molecular complexity index is 582. The van der Waals surface area contributed by atoms with Gasteiger partial charge in [-0.2, -0.15) is 0 Å². The monoisotopic (exact) mass is 296 g/mol. The Morgan fingerprint density at radius 1 is 1.23 bits per heavy atom. The van der Waals surface area contributed by atoms with Gasteiger partial charge in [0, 0.05) is 43.8 Å². The molecule has 3 heterocycles. The van der Waals surface area contributed by atoms with E-state index in [1.54, 1.807) is 0 Å². The van der Waals surface area contributed by atoms with Crippen LogP contribution in [-0.2, 0) is 6.54 Å². The third kappa shape index (κ3) is 3.63. The standard InChI is InChI=1S/C18H24N4/c1-15-8-9-16(12-20-15)13-21(2)17-6-5-11-22(14-17)18-7-3-4-10-19-18/h3-4,7-10,12,17H,5-6,11,13-14H2,1-2H3/t17-/m0/s1. The summed E-state index contributed by atoms with van der Waals surface area (Å²) in [7, 11) is 2.21. The normalized spacial score (nSPS) is 18.7. The number of likely N-dealkylation sites (N-methyl/N-ethyl adjacent to an activating group) is 1. The van der Waals surface area contributed by atoms with Gasteiger partial charge in [-0.1, -0.05) is 12.1 Å². The zero-order chi connectivity index (χ0) is 15.4. The molecule has 1 fully saturated rings. The van der Waals surface area contributed by atoms with Crippen LogP contribution in [0.4, 0.5) is 5.82 Å². The highest BCUT2D eigenvalue weighted by Gasteiger charge is 2.23. The number of pyridine rings is 2. The molecule has 4 heteroatoms. The van der Waals surface area contributed by atoms with Gasteiger partial charge >= 0.3 is 0 Å². The van der Waals surface area contributed by atoms with Crippen molar-refractivity contribution in [1.82, 2.24) is 14.9 Å². The number of anilines is 1. The second kappa shape index (κ2) is 6.88. The van der Waals surface area contributed by atoms with E-state index in [9.17, 15) is 0 Å². The Balaban J connectivity index is 1.62. The Morgan fingerprint density at radius 3 is 2.86 bits per heavy atom. The maximum Gasteiger partial charge on any atom is 0.128 e. The fourth-order valence-electron chi connectivity index (χ4n) is 3.07. The fraction of sp³-hybridized carbons (Fsp3) is 0.444. The predicted octanol–water partition coefficient (Wildman–Crippen LogP) is 2.89. The first-order valence-electron chi connectivity index (χ1n) is 8.00. The minimum Gasteiger partial charge on any atom is -0.355 e. The van der Waals surface area contributed by atoms with Gasteiger partial charge in [-0.15, -0.1) is 0 Å². The minimum atomic E-state index is 0.567. The summed E-state index contributed by atoms with van der Waals surface area (Å²) in [6.07, 6.45) is 6.34. The van der Waals surface area contributed by atoms with Gasteiger partial charge in [-0.25, -0.2) is 4.98 Å². The molecule has 0 unspecified atom stereocenters. The summed E-state index contributed by atoms with van der Waals surface area (Å²) in [5, 5.41) is 0. The molecule has 0 aliphatic carbocycles. The van der Waals surface area contributed by atoms with E-state index >= 15 is 0 Å². The SMILES string of the molecule is Cc1ccc(CN(C)[C@H]2CCCN(c3ccccn3)C2)cn1. The summed E-state index contributed by atoms with van der Waals surface area (Å²) in [6.45, 7) is 5.13. The van der Waals surface area contributed by atoms with Crippen LogP contribution in [-0.4, -0.2) is 41.0 Å². The van der Waals surface area contributed by atoms with Crippen LogP contribution in [0.5, 0.6) is 0 Å². The van der Waals surface area contributed by atoms with Crippen molar-refractivity contribution in [3.8, 4) is 0 Å². The van der Waals surface area contributed by atoms with Crippen molar-refractivity contribution in [1.29, 1.82) is 0 Å². The van der Waals surface area contributed by atoms with Crippen LogP contribution < -0.4 is 4.90 Å². The van der Waals surface area contributed by atoms with Crippen molar-refractivity contribution >= 4 is 5.82 Å². The fourth-order valence-corrected chi connectivity index (χ4v) is 3.07. The number of nitrogens with zero attached hydrogens (tertiary/aromatic N) is 4. The molecule has 1 aliphatic heterocycles. The van der Waals surface area contributed by atoms with E-state index in [0.717, 1.165) is 31.1 Å². The Labute approximate surface area is 132 Å². The van der Waals surface area contributed by atoms with Crippen molar-refractivity contribution in [2.24, 2.45) is 0 Å². The molecule has 1 atom stereocenters. The van der Waals surface area contributed by atoms with E-state index in [2.05, 4.69) is 51.1 Å². The summed E-state index contributed by atoms with van der Waals surface area (Å²) in [6, 6.07) is 11.0. The van der Waals surface area contributed by atoms with Gasteiger partial charge in [0.15, 0.2) is 0 Å². The molecule has 0 aromatic carbocycles. The largest absolute Gasteiger partial charge is 0.355 e. The average molecular weight is 296 g/mol. The molecule has 0 saturated carbocycles. The zero-order valence-electron chi connectivity index (χ0n) is 13.4. The zero-order valence-corrected chi connectivity index (χ0v) is 13.4. The van der Waals surface area contributed by atoms with Crippen molar-refractivity contribution in [2.75, 3.05) is 25.0 Å². The van der Waals surface area contributed by atoms with Crippen LogP contribution >= 0.6 is 0 Å². The van der Waals surface area contributed by atoms with E-state index in [4.69, 9.17) is 0 Å². The highest BCUT2D eigenvalue weighted by Crippen LogP contribution is 2.21. The minimum absolute atomic E-state index is 0.567. The first-order chi connectivity index (χ1) is 10.7. The smallest absolute Gasteiger partial charge is 0.128 e. The van der Waals surface area contributed by atoms with Crippen LogP contribution in [0.1, 0.15) is 24.1 Å². The molecule has 0 bridgehead atoms. The molecule has 1 saturated heterocycles. The topological polar surface area (TPSA) is 32.3 Å². The number of hydrogen-bond donors (Lipinski definition) is 0.